The van der Waals surface area contributed by atoms with Gasteiger partial charge in [-0.2, -0.15) is 0 Å². The van der Waals surface area contributed by atoms with E-state index in [1.807, 2.05) is 69.2 Å². The molecule has 1 saturated heterocycles. The highest BCUT2D eigenvalue weighted by Crippen LogP contribution is 2.69. The minimum atomic E-state index is -0.842. The summed E-state index contributed by atoms with van der Waals surface area (Å²) in [6.45, 7) is 28.3. The quantitative estimate of drug-likeness (QED) is 0.117. The molecule has 0 spiro atoms. The molecule has 0 aromatic heterocycles. The Kier molecular flexibility index (Phi) is 27.7. The summed E-state index contributed by atoms with van der Waals surface area (Å²) in [5, 5.41) is 32.2. The normalized spacial score (nSPS) is 39.5. The molecule has 14 aliphatic rings. The van der Waals surface area contributed by atoms with Crippen molar-refractivity contribution in [2.24, 2.45) is 68.5 Å². The van der Waals surface area contributed by atoms with Crippen molar-refractivity contribution in [1.82, 2.24) is 0 Å². The van der Waals surface area contributed by atoms with E-state index in [0.29, 0.717) is 43.9 Å². The minimum absolute atomic E-state index is 0. The fourth-order valence-electron chi connectivity index (χ4n) is 18.5. The molecular weight excluding hydrogens is 1070 g/mol. The van der Waals surface area contributed by atoms with Crippen molar-refractivity contribution in [2.45, 2.75) is 363 Å². The summed E-state index contributed by atoms with van der Waals surface area (Å²) in [5.74, 6) is 2.85. The van der Waals surface area contributed by atoms with Gasteiger partial charge in [0.1, 0.15) is 29.0 Å². The molecule has 14 rings (SSSR count). The molecule has 0 radical (unpaired) electrons. The summed E-state index contributed by atoms with van der Waals surface area (Å²) in [6.07, 6.45) is 21.7. The molecule has 502 valence electrons. The molecule has 1 aliphatic heterocycles. The summed E-state index contributed by atoms with van der Waals surface area (Å²) in [6, 6.07) is 0. The molecule has 14 fully saturated rings. The van der Waals surface area contributed by atoms with Crippen LogP contribution in [-0.2, 0) is 47.7 Å². The van der Waals surface area contributed by atoms with E-state index < -0.39 is 38.8 Å². The number of fused-ring (bicyclic) bond motifs is 2. The van der Waals surface area contributed by atoms with Gasteiger partial charge in [-0.25, -0.2) is 0 Å². The number of hydrogen-bond donors (Lipinski definition) is 3. The summed E-state index contributed by atoms with van der Waals surface area (Å²) >= 11 is 0. The topological polar surface area (TPSA) is 192 Å². The lowest BCUT2D eigenvalue weighted by Gasteiger charge is -2.67. The first kappa shape index (κ1) is 82.2. The van der Waals surface area contributed by atoms with Crippen molar-refractivity contribution in [3.63, 3.8) is 0 Å². The third-order valence-electron chi connectivity index (χ3n) is 22.4. The van der Waals surface area contributed by atoms with E-state index in [1.54, 1.807) is 0 Å². The van der Waals surface area contributed by atoms with Crippen LogP contribution in [0.3, 0.4) is 0 Å². The van der Waals surface area contributed by atoms with Crippen molar-refractivity contribution in [3.05, 3.63) is 0 Å². The number of carbonyl (C=O) groups excluding carboxylic acids is 5. The van der Waals surface area contributed by atoms with E-state index in [4.69, 9.17) is 23.7 Å². The van der Waals surface area contributed by atoms with Crippen molar-refractivity contribution in [2.75, 3.05) is 0 Å². The van der Waals surface area contributed by atoms with Gasteiger partial charge < -0.3 is 39.0 Å². The second kappa shape index (κ2) is 28.6. The molecule has 8 atom stereocenters. The molecule has 14 bridgehead atoms. The van der Waals surface area contributed by atoms with E-state index in [0.717, 1.165) is 108 Å². The van der Waals surface area contributed by atoms with Crippen LogP contribution in [0.4, 0.5) is 0 Å². The fraction of sp³-hybridized carbons (Fsp3) is 0.931. The number of hydrogen-bond acceptors (Lipinski definition) is 13. The van der Waals surface area contributed by atoms with E-state index in [1.165, 1.54) is 32.1 Å². The molecule has 1 heterocycles. The Morgan fingerprint density at radius 1 is 0.529 bits per heavy atom. The Labute approximate surface area is 521 Å². The van der Waals surface area contributed by atoms with Crippen LogP contribution in [0.1, 0.15) is 317 Å². The minimum Gasteiger partial charge on any atom is -0.459 e. The number of carbonyl (C=O) groups is 5. The predicted molar refractivity (Wildman–Crippen MR) is 346 cm³/mol. The highest BCUT2D eigenvalue weighted by atomic mass is 16.6. The molecular formula is C72H136O13. The molecule has 13 nitrogen and oxygen atoms in total. The molecule has 13 aliphatic carbocycles. The van der Waals surface area contributed by atoms with E-state index in [2.05, 4.69) is 27.7 Å². The van der Waals surface area contributed by atoms with Gasteiger partial charge in [0.05, 0.1) is 44.9 Å². The molecule has 13 saturated carbocycles. The Bertz CT molecular complexity index is 2130. The highest BCUT2D eigenvalue weighted by molar-refractivity contribution is 5.78. The number of esters is 5. The van der Waals surface area contributed by atoms with Gasteiger partial charge in [-0.05, 0) is 210 Å². The highest BCUT2D eigenvalue weighted by Gasteiger charge is 2.68. The van der Waals surface area contributed by atoms with Crippen molar-refractivity contribution in [3.8, 4) is 0 Å². The summed E-state index contributed by atoms with van der Waals surface area (Å²) in [5.41, 5.74) is -4.52. The molecule has 85 heavy (non-hydrogen) atoms. The molecule has 3 N–H and O–H groups in total. The van der Waals surface area contributed by atoms with Gasteiger partial charge in [0, 0.05) is 32.1 Å². The van der Waals surface area contributed by atoms with Gasteiger partial charge >= 0.3 is 29.8 Å². The first-order valence-corrected chi connectivity index (χ1v) is 30.8. The first-order chi connectivity index (χ1) is 35.5. The average molecular weight is 1210 g/mol. The summed E-state index contributed by atoms with van der Waals surface area (Å²) < 4.78 is 28.9. The summed E-state index contributed by atoms with van der Waals surface area (Å²) in [4.78, 5) is 60.6. The van der Waals surface area contributed by atoms with E-state index in [-0.39, 0.29) is 141 Å². The predicted octanol–water partition coefficient (Wildman–Crippen LogP) is 17.3. The average Bonchev–Trinajstić information content (AvgIpc) is 3.38. The maximum absolute atomic E-state index is 12.6. The van der Waals surface area contributed by atoms with Crippen LogP contribution in [0, 0.1) is 68.5 Å². The molecule has 0 aromatic rings. The van der Waals surface area contributed by atoms with Gasteiger partial charge in [-0.1, -0.05) is 115 Å². The second-order valence-electron chi connectivity index (χ2n) is 31.0. The summed E-state index contributed by atoms with van der Waals surface area (Å²) in [7, 11) is 0. The second-order valence-corrected chi connectivity index (χ2v) is 31.0. The monoisotopic (exact) mass is 1210 g/mol. The van der Waals surface area contributed by atoms with Crippen LogP contribution in [0.25, 0.3) is 0 Å². The van der Waals surface area contributed by atoms with Crippen LogP contribution < -0.4 is 0 Å². The van der Waals surface area contributed by atoms with Crippen LogP contribution in [0.5, 0.6) is 0 Å². The molecule has 8 unspecified atom stereocenters. The Hall–Kier alpha value is -2.77. The lowest BCUT2D eigenvalue weighted by Crippen LogP contribution is -2.67. The molecule has 13 heteroatoms. The lowest BCUT2D eigenvalue weighted by atomic mass is 9.42. The van der Waals surface area contributed by atoms with Crippen LogP contribution in [0.15, 0.2) is 0 Å². The number of aliphatic hydroxyl groups is 3. The lowest BCUT2D eigenvalue weighted by molar-refractivity contribution is -0.264. The fourth-order valence-corrected chi connectivity index (χ4v) is 18.5. The number of ether oxygens (including phenoxy) is 5. The molecule has 0 aromatic carbocycles. The maximum Gasteiger partial charge on any atom is 0.312 e. The molecule has 0 amide bonds. The van der Waals surface area contributed by atoms with Crippen molar-refractivity contribution >= 4 is 29.8 Å². The third-order valence-corrected chi connectivity index (χ3v) is 22.4. The largest absolute Gasteiger partial charge is 0.459 e. The van der Waals surface area contributed by atoms with E-state index >= 15 is 0 Å². The van der Waals surface area contributed by atoms with Crippen molar-refractivity contribution in [1.29, 1.82) is 0 Å². The Balaban J connectivity index is 0.00000108. The number of rotatable bonds is 13. The standard InChI is InChI=1S/C18H30O2.C17H28O3.C16H26O4.C13H20O4.8CH4/c1-5-17(3,4)16(19)20-18(6-2)14-8-12-7-13(10-14)11-15(18)9-12;1-5-12(2)13(18)20-17-9-14(3)6-15(4,10-17)8-16(19,7-14)11-17;1-4-13(2,3)12(17)20-16-7-11-5-14(18,9-16)8-15(19,6-11)10-16;1-4-13(2,3)12(15)17-9-6-5-8-7-10(9)16-11(8)14;;;;;;;;/h12-15H,5-11H2,1-4H3;12,19H,5-11H2,1-4H3;11,18-19H,4-10H2,1-3H3;8-10H,4-7H2,1-3H3;8*1H4. The smallest absolute Gasteiger partial charge is 0.312 e. The zero-order valence-corrected chi connectivity index (χ0v) is 50.3. The van der Waals surface area contributed by atoms with Crippen molar-refractivity contribution < 1.29 is 63.0 Å². The Morgan fingerprint density at radius 3 is 1.40 bits per heavy atom. The van der Waals surface area contributed by atoms with Crippen LogP contribution in [-0.4, -0.2) is 91.0 Å². The van der Waals surface area contributed by atoms with Gasteiger partial charge in [0.15, 0.2) is 0 Å². The van der Waals surface area contributed by atoms with Gasteiger partial charge in [-0.3, -0.25) is 24.0 Å². The zero-order valence-electron chi connectivity index (χ0n) is 50.3. The van der Waals surface area contributed by atoms with Gasteiger partial charge in [-0.15, -0.1) is 0 Å². The SMILES string of the molecule is C.C.C.C.C.C.C.C.CCC(C)(C)C(=O)OC1(CC)C2CC3CC(C2)CC1C3.CCC(C)(C)C(=O)OC12CC3CC(O)(CC(O)(C3)C1)C2.CCC(C)(C)C(=O)OC1CCC2CC1OC2=O.CCC(C)C(=O)OC12CC3(C)CC(C)(CC(O)(C3)C1)C2. The van der Waals surface area contributed by atoms with Crippen LogP contribution in [0.2, 0.25) is 0 Å². The van der Waals surface area contributed by atoms with Crippen LogP contribution >= 0.6 is 0 Å². The van der Waals surface area contributed by atoms with Gasteiger partial charge in [0.25, 0.3) is 0 Å². The van der Waals surface area contributed by atoms with E-state index in [9.17, 15) is 39.3 Å². The Morgan fingerprint density at radius 2 is 0.976 bits per heavy atom. The first-order valence-electron chi connectivity index (χ1n) is 30.8. The maximum atomic E-state index is 12.6. The van der Waals surface area contributed by atoms with Gasteiger partial charge in [0.2, 0.25) is 0 Å². The zero-order chi connectivity index (χ0) is 56.8. The third kappa shape index (κ3) is 16.8.